The average Bonchev–Trinajstić information content (AvgIpc) is 3.35. The van der Waals surface area contributed by atoms with Gasteiger partial charge in [0.1, 0.15) is 5.82 Å². The summed E-state index contributed by atoms with van der Waals surface area (Å²) >= 11 is 0. The largest absolute Gasteiger partial charge is 0.341 e. The van der Waals surface area contributed by atoms with Crippen molar-refractivity contribution in [2.45, 2.75) is 83.5 Å². The highest BCUT2D eigenvalue weighted by atomic mass is 16.2. The lowest BCUT2D eigenvalue weighted by Crippen LogP contribution is -2.32. The molecule has 4 rings (SSSR count). The SMILES string of the molecule is CC(C)c1n[nH]c(C2CN(C(=O)CC3CCCC3)CC23CCCC3)n1. The number of nitrogens with one attached hydrogen (secondary N) is 1. The molecule has 2 heterocycles. The zero-order chi connectivity index (χ0) is 17.4. The van der Waals surface area contributed by atoms with Crippen molar-refractivity contribution in [1.29, 1.82) is 0 Å². The second-order valence-corrected chi connectivity index (χ2v) is 8.98. The predicted octanol–water partition coefficient (Wildman–Crippen LogP) is 3.99. The van der Waals surface area contributed by atoms with Crippen LogP contribution in [0.4, 0.5) is 0 Å². The van der Waals surface area contributed by atoms with Crippen LogP contribution in [-0.4, -0.2) is 39.1 Å². The number of likely N-dealkylation sites (tertiary alicyclic amines) is 1. The minimum absolute atomic E-state index is 0.235. The number of carbonyl (C=O) groups is 1. The van der Waals surface area contributed by atoms with Crippen LogP contribution < -0.4 is 0 Å². The van der Waals surface area contributed by atoms with Gasteiger partial charge in [0.15, 0.2) is 5.82 Å². The van der Waals surface area contributed by atoms with E-state index in [-0.39, 0.29) is 5.41 Å². The van der Waals surface area contributed by atoms with Crippen molar-refractivity contribution in [2.75, 3.05) is 13.1 Å². The van der Waals surface area contributed by atoms with E-state index in [2.05, 4.69) is 28.9 Å². The Bertz CT molecular complexity index is 611. The molecule has 1 saturated heterocycles. The van der Waals surface area contributed by atoms with E-state index in [0.717, 1.165) is 31.2 Å². The second kappa shape index (κ2) is 6.73. The highest BCUT2D eigenvalue weighted by molar-refractivity contribution is 5.77. The molecule has 0 radical (unpaired) electrons. The van der Waals surface area contributed by atoms with Gasteiger partial charge in [0.25, 0.3) is 0 Å². The molecule has 2 saturated carbocycles. The van der Waals surface area contributed by atoms with Gasteiger partial charge in [0.05, 0.1) is 0 Å². The van der Waals surface area contributed by atoms with Crippen LogP contribution in [0.15, 0.2) is 0 Å². The molecule has 3 fully saturated rings. The summed E-state index contributed by atoms with van der Waals surface area (Å²) in [6.07, 6.45) is 10.9. The first kappa shape index (κ1) is 17.0. The first-order valence-corrected chi connectivity index (χ1v) is 10.3. The molecule has 138 valence electrons. The number of carbonyl (C=O) groups excluding carboxylic acids is 1. The fraction of sp³-hybridized carbons (Fsp3) is 0.850. The average molecular weight is 345 g/mol. The Hall–Kier alpha value is -1.39. The Morgan fingerprint density at radius 2 is 1.96 bits per heavy atom. The molecule has 1 atom stereocenters. The quantitative estimate of drug-likeness (QED) is 0.898. The molecule has 3 aliphatic rings. The summed E-state index contributed by atoms with van der Waals surface area (Å²) in [7, 11) is 0. The normalized spacial score (nSPS) is 26.4. The van der Waals surface area contributed by atoms with Crippen LogP contribution in [0, 0.1) is 11.3 Å². The Morgan fingerprint density at radius 1 is 1.24 bits per heavy atom. The van der Waals surface area contributed by atoms with Gasteiger partial charge in [-0.2, -0.15) is 5.10 Å². The number of amides is 1. The number of aromatic nitrogens is 3. The van der Waals surface area contributed by atoms with Crippen molar-refractivity contribution >= 4 is 5.91 Å². The number of aromatic amines is 1. The smallest absolute Gasteiger partial charge is 0.222 e. The summed E-state index contributed by atoms with van der Waals surface area (Å²) in [5.74, 6) is 3.60. The summed E-state index contributed by atoms with van der Waals surface area (Å²) in [5.41, 5.74) is 0.235. The van der Waals surface area contributed by atoms with Crippen LogP contribution in [-0.2, 0) is 4.79 Å². The fourth-order valence-corrected chi connectivity index (χ4v) is 5.41. The van der Waals surface area contributed by atoms with Crippen LogP contribution in [0.25, 0.3) is 0 Å². The molecule has 25 heavy (non-hydrogen) atoms. The molecule has 1 aromatic rings. The van der Waals surface area contributed by atoms with Gasteiger partial charge in [-0.3, -0.25) is 9.89 Å². The number of H-pyrrole nitrogens is 1. The Balaban J connectivity index is 1.51. The summed E-state index contributed by atoms with van der Waals surface area (Å²) in [5, 5.41) is 7.64. The molecular weight excluding hydrogens is 312 g/mol. The summed E-state index contributed by atoms with van der Waals surface area (Å²) < 4.78 is 0. The molecule has 1 aliphatic heterocycles. The molecule has 1 N–H and O–H groups in total. The van der Waals surface area contributed by atoms with Crippen LogP contribution in [0.5, 0.6) is 0 Å². The lowest BCUT2D eigenvalue weighted by molar-refractivity contribution is -0.131. The third-order valence-electron chi connectivity index (χ3n) is 6.90. The van der Waals surface area contributed by atoms with Crippen LogP contribution in [0.2, 0.25) is 0 Å². The standard InChI is InChI=1S/C20H32N4O/c1-14(2)18-21-19(23-22-18)16-12-24(13-20(16)9-5-6-10-20)17(25)11-15-7-3-4-8-15/h14-16H,3-13H2,1-2H3,(H,21,22,23). The second-order valence-electron chi connectivity index (χ2n) is 8.98. The van der Waals surface area contributed by atoms with Crippen molar-refractivity contribution in [2.24, 2.45) is 11.3 Å². The van der Waals surface area contributed by atoms with Gasteiger partial charge in [-0.15, -0.1) is 0 Å². The minimum atomic E-state index is 0.235. The Morgan fingerprint density at radius 3 is 2.60 bits per heavy atom. The number of hydrogen-bond acceptors (Lipinski definition) is 3. The topological polar surface area (TPSA) is 61.9 Å². The van der Waals surface area contributed by atoms with E-state index in [9.17, 15) is 4.79 Å². The third kappa shape index (κ3) is 3.22. The third-order valence-corrected chi connectivity index (χ3v) is 6.90. The summed E-state index contributed by atoms with van der Waals surface area (Å²) in [6, 6.07) is 0. The van der Waals surface area contributed by atoms with E-state index < -0.39 is 0 Å². The van der Waals surface area contributed by atoms with E-state index in [1.165, 1.54) is 51.4 Å². The van der Waals surface area contributed by atoms with Crippen molar-refractivity contribution in [3.8, 4) is 0 Å². The van der Waals surface area contributed by atoms with Gasteiger partial charge in [0.2, 0.25) is 5.91 Å². The minimum Gasteiger partial charge on any atom is -0.341 e. The maximum Gasteiger partial charge on any atom is 0.222 e. The number of rotatable bonds is 4. The van der Waals surface area contributed by atoms with Crippen molar-refractivity contribution in [1.82, 2.24) is 20.1 Å². The molecule has 1 amide bonds. The van der Waals surface area contributed by atoms with E-state index in [1.807, 2.05) is 0 Å². The first-order chi connectivity index (χ1) is 12.1. The summed E-state index contributed by atoms with van der Waals surface area (Å²) in [4.78, 5) is 19.9. The highest BCUT2D eigenvalue weighted by Gasteiger charge is 2.51. The Kier molecular flexibility index (Phi) is 4.59. The summed E-state index contributed by atoms with van der Waals surface area (Å²) in [6.45, 7) is 6.02. The van der Waals surface area contributed by atoms with Crippen molar-refractivity contribution < 1.29 is 4.79 Å². The maximum absolute atomic E-state index is 12.9. The monoisotopic (exact) mass is 344 g/mol. The van der Waals surface area contributed by atoms with Crippen molar-refractivity contribution in [3.63, 3.8) is 0 Å². The molecule has 2 aliphatic carbocycles. The fourth-order valence-electron chi connectivity index (χ4n) is 5.41. The van der Waals surface area contributed by atoms with Gasteiger partial charge in [0, 0.05) is 31.3 Å². The van der Waals surface area contributed by atoms with Crippen LogP contribution in [0.1, 0.15) is 95.1 Å². The molecule has 0 bridgehead atoms. The molecular formula is C20H32N4O. The van der Waals surface area contributed by atoms with E-state index >= 15 is 0 Å². The van der Waals surface area contributed by atoms with Gasteiger partial charge >= 0.3 is 0 Å². The number of hydrogen-bond donors (Lipinski definition) is 1. The number of nitrogens with zero attached hydrogens (tertiary/aromatic N) is 3. The van der Waals surface area contributed by atoms with Gasteiger partial charge in [-0.25, -0.2) is 4.98 Å². The lowest BCUT2D eigenvalue weighted by Gasteiger charge is -2.28. The van der Waals surface area contributed by atoms with E-state index in [1.54, 1.807) is 0 Å². The molecule has 5 nitrogen and oxygen atoms in total. The predicted molar refractivity (Wildman–Crippen MR) is 97.3 cm³/mol. The van der Waals surface area contributed by atoms with Crippen LogP contribution >= 0.6 is 0 Å². The van der Waals surface area contributed by atoms with Crippen molar-refractivity contribution in [3.05, 3.63) is 11.6 Å². The molecule has 1 aromatic heterocycles. The highest BCUT2D eigenvalue weighted by Crippen LogP contribution is 2.53. The van der Waals surface area contributed by atoms with Crippen LogP contribution in [0.3, 0.4) is 0 Å². The maximum atomic E-state index is 12.9. The molecule has 0 aromatic carbocycles. The molecule has 1 spiro atoms. The Labute approximate surface area is 151 Å². The van der Waals surface area contributed by atoms with E-state index in [4.69, 9.17) is 4.98 Å². The molecule has 1 unspecified atom stereocenters. The lowest BCUT2D eigenvalue weighted by atomic mass is 9.76. The molecule has 5 heteroatoms. The van der Waals surface area contributed by atoms with Gasteiger partial charge in [-0.05, 0) is 37.0 Å². The van der Waals surface area contributed by atoms with Gasteiger partial charge < -0.3 is 4.90 Å². The zero-order valence-electron chi connectivity index (χ0n) is 15.8. The first-order valence-electron chi connectivity index (χ1n) is 10.3. The van der Waals surface area contributed by atoms with Gasteiger partial charge in [-0.1, -0.05) is 39.5 Å². The zero-order valence-corrected chi connectivity index (χ0v) is 15.8. The van der Waals surface area contributed by atoms with E-state index in [0.29, 0.717) is 23.7 Å².